The molecule has 1 aromatic carbocycles. The molecule has 2 rings (SSSR count). The van der Waals surface area contributed by atoms with Crippen molar-refractivity contribution >= 4 is 11.6 Å². The van der Waals surface area contributed by atoms with Crippen LogP contribution in [0.1, 0.15) is 36.7 Å². The van der Waals surface area contributed by atoms with Gasteiger partial charge in [0.2, 0.25) is 0 Å². The molecule has 0 aliphatic rings. The van der Waals surface area contributed by atoms with Crippen LogP contribution in [-0.4, -0.2) is 23.5 Å². The third kappa shape index (κ3) is 5.64. The molecule has 5 nitrogen and oxygen atoms in total. The quantitative estimate of drug-likeness (QED) is 0.815. The molecule has 0 fully saturated rings. The summed E-state index contributed by atoms with van der Waals surface area (Å²) in [6.45, 7) is 10.4. The Morgan fingerprint density at radius 1 is 1.16 bits per heavy atom. The molecule has 0 bridgehead atoms. The van der Waals surface area contributed by atoms with Crippen molar-refractivity contribution in [3.05, 3.63) is 72.4 Å². The summed E-state index contributed by atoms with van der Waals surface area (Å²) >= 11 is 0. The number of nitrogens with zero attached hydrogens (tertiary/aromatic N) is 2. The Kier molecular flexibility index (Phi) is 5.80. The minimum atomic E-state index is -0.280. The monoisotopic (exact) mass is 339 g/mol. The average Bonchev–Trinajstić information content (AvgIpc) is 2.58. The first-order valence-corrected chi connectivity index (χ1v) is 8.15. The van der Waals surface area contributed by atoms with Gasteiger partial charge in [0.15, 0.2) is 5.88 Å². The van der Waals surface area contributed by atoms with Gasteiger partial charge in [0, 0.05) is 37.2 Å². The van der Waals surface area contributed by atoms with E-state index in [0.717, 1.165) is 11.3 Å². The second kappa shape index (κ2) is 7.83. The number of pyridine rings is 1. The summed E-state index contributed by atoms with van der Waals surface area (Å²) in [7, 11) is 1.75. The zero-order valence-corrected chi connectivity index (χ0v) is 15.2. The zero-order valence-electron chi connectivity index (χ0n) is 15.2. The van der Waals surface area contributed by atoms with Crippen LogP contribution in [-0.2, 0) is 11.3 Å². The number of anilines is 1. The Labute approximate surface area is 149 Å². The lowest BCUT2D eigenvalue weighted by Crippen LogP contribution is -2.26. The smallest absolute Gasteiger partial charge is 0.258 e. The van der Waals surface area contributed by atoms with Gasteiger partial charge in [-0.05, 0) is 57.2 Å². The molecule has 25 heavy (non-hydrogen) atoms. The number of amides is 1. The number of carbonyl (C=O) groups is 1. The van der Waals surface area contributed by atoms with Gasteiger partial charge < -0.3 is 15.0 Å². The standard InChI is InChI=1S/C20H25N3O2/c1-15(25-20(2,3)4)22-14-16-6-8-17(9-7-16)19(24)23(5)18-10-12-21-13-11-18/h6-13,22H,1,14H2,2-5H3. The summed E-state index contributed by atoms with van der Waals surface area (Å²) in [6.07, 6.45) is 3.33. The molecule has 0 radical (unpaired) electrons. The number of benzene rings is 1. The first-order chi connectivity index (χ1) is 11.8. The molecule has 0 aliphatic heterocycles. The van der Waals surface area contributed by atoms with Gasteiger partial charge in [-0.25, -0.2) is 0 Å². The van der Waals surface area contributed by atoms with E-state index in [4.69, 9.17) is 4.74 Å². The van der Waals surface area contributed by atoms with Gasteiger partial charge in [0.25, 0.3) is 5.91 Å². The van der Waals surface area contributed by atoms with E-state index in [2.05, 4.69) is 16.9 Å². The van der Waals surface area contributed by atoms with Crippen molar-refractivity contribution in [3.63, 3.8) is 0 Å². The summed E-state index contributed by atoms with van der Waals surface area (Å²) in [5.74, 6) is 0.469. The van der Waals surface area contributed by atoms with Gasteiger partial charge in [-0.1, -0.05) is 12.1 Å². The van der Waals surface area contributed by atoms with E-state index in [-0.39, 0.29) is 11.5 Å². The van der Waals surface area contributed by atoms with Crippen LogP contribution < -0.4 is 10.2 Å². The summed E-state index contributed by atoms with van der Waals surface area (Å²) < 4.78 is 5.63. The van der Waals surface area contributed by atoms with E-state index in [1.54, 1.807) is 36.5 Å². The SMILES string of the molecule is C=C(NCc1ccc(C(=O)N(C)c2ccncc2)cc1)OC(C)(C)C. The zero-order chi connectivity index (χ0) is 18.4. The highest BCUT2D eigenvalue weighted by Gasteiger charge is 2.14. The van der Waals surface area contributed by atoms with Crippen LogP contribution in [0.15, 0.2) is 61.3 Å². The molecule has 0 unspecified atom stereocenters. The molecular weight excluding hydrogens is 314 g/mol. The van der Waals surface area contributed by atoms with E-state index >= 15 is 0 Å². The second-order valence-corrected chi connectivity index (χ2v) is 6.76. The van der Waals surface area contributed by atoms with Gasteiger partial charge in [0.1, 0.15) is 5.60 Å². The number of hydrogen-bond donors (Lipinski definition) is 1. The normalized spacial score (nSPS) is 10.9. The van der Waals surface area contributed by atoms with E-state index in [1.165, 1.54) is 0 Å². The number of ether oxygens (including phenoxy) is 1. The lowest BCUT2D eigenvalue weighted by Gasteiger charge is -2.23. The first kappa shape index (κ1) is 18.5. The maximum Gasteiger partial charge on any atom is 0.258 e. The van der Waals surface area contributed by atoms with Crippen LogP contribution in [0.3, 0.4) is 0 Å². The molecule has 1 N–H and O–H groups in total. The molecular formula is C20H25N3O2. The van der Waals surface area contributed by atoms with Crippen molar-refractivity contribution in [3.8, 4) is 0 Å². The van der Waals surface area contributed by atoms with E-state index in [0.29, 0.717) is 18.0 Å². The topological polar surface area (TPSA) is 54.5 Å². The van der Waals surface area contributed by atoms with Crippen LogP contribution in [0.25, 0.3) is 0 Å². The molecule has 1 heterocycles. The average molecular weight is 339 g/mol. The molecule has 0 atom stereocenters. The molecule has 5 heteroatoms. The molecule has 0 saturated carbocycles. The fourth-order valence-corrected chi connectivity index (χ4v) is 2.25. The van der Waals surface area contributed by atoms with E-state index in [9.17, 15) is 4.79 Å². The number of hydrogen-bond acceptors (Lipinski definition) is 4. The highest BCUT2D eigenvalue weighted by atomic mass is 16.5. The van der Waals surface area contributed by atoms with Crippen molar-refractivity contribution in [2.75, 3.05) is 11.9 Å². The maximum atomic E-state index is 12.5. The van der Waals surface area contributed by atoms with Gasteiger partial charge in [-0.15, -0.1) is 0 Å². The number of nitrogens with one attached hydrogen (secondary N) is 1. The van der Waals surface area contributed by atoms with E-state index < -0.39 is 0 Å². The lowest BCUT2D eigenvalue weighted by atomic mass is 10.1. The molecule has 132 valence electrons. The van der Waals surface area contributed by atoms with Crippen LogP contribution >= 0.6 is 0 Å². The van der Waals surface area contributed by atoms with Crippen molar-refractivity contribution in [2.45, 2.75) is 32.9 Å². The van der Waals surface area contributed by atoms with Crippen LogP contribution in [0.2, 0.25) is 0 Å². The second-order valence-electron chi connectivity index (χ2n) is 6.76. The Bertz CT molecular complexity index is 719. The summed E-state index contributed by atoms with van der Waals surface area (Å²) in [5, 5.41) is 3.13. The van der Waals surface area contributed by atoms with Crippen molar-refractivity contribution in [2.24, 2.45) is 0 Å². The summed E-state index contributed by atoms with van der Waals surface area (Å²) in [6, 6.07) is 11.1. The molecule has 2 aromatic rings. The van der Waals surface area contributed by atoms with Crippen molar-refractivity contribution in [1.29, 1.82) is 0 Å². The Morgan fingerprint density at radius 2 is 1.76 bits per heavy atom. The Balaban J connectivity index is 1.95. The van der Waals surface area contributed by atoms with Gasteiger partial charge in [0.05, 0.1) is 0 Å². The third-order valence-electron chi connectivity index (χ3n) is 3.47. The summed E-state index contributed by atoms with van der Waals surface area (Å²) in [5.41, 5.74) is 2.20. The maximum absolute atomic E-state index is 12.5. The molecule has 0 aliphatic carbocycles. The van der Waals surface area contributed by atoms with Gasteiger partial charge in [-0.3, -0.25) is 9.78 Å². The largest absolute Gasteiger partial charge is 0.474 e. The minimum Gasteiger partial charge on any atom is -0.474 e. The van der Waals surface area contributed by atoms with Crippen LogP contribution in [0.4, 0.5) is 5.69 Å². The third-order valence-corrected chi connectivity index (χ3v) is 3.47. The fraction of sp³-hybridized carbons (Fsp3) is 0.300. The van der Waals surface area contributed by atoms with Gasteiger partial charge in [-0.2, -0.15) is 0 Å². The van der Waals surface area contributed by atoms with E-state index in [1.807, 2.05) is 45.0 Å². The number of carbonyl (C=O) groups excluding carboxylic acids is 1. The summed E-state index contributed by atoms with van der Waals surface area (Å²) in [4.78, 5) is 18.1. The predicted molar refractivity (Wildman–Crippen MR) is 100 cm³/mol. The van der Waals surface area contributed by atoms with Crippen LogP contribution in [0.5, 0.6) is 0 Å². The minimum absolute atomic E-state index is 0.0637. The van der Waals surface area contributed by atoms with Gasteiger partial charge >= 0.3 is 0 Å². The Morgan fingerprint density at radius 3 is 2.32 bits per heavy atom. The predicted octanol–water partition coefficient (Wildman–Crippen LogP) is 3.73. The fourth-order valence-electron chi connectivity index (χ4n) is 2.25. The molecule has 0 saturated heterocycles. The molecule has 0 spiro atoms. The highest BCUT2D eigenvalue weighted by Crippen LogP contribution is 2.15. The molecule has 1 aromatic heterocycles. The first-order valence-electron chi connectivity index (χ1n) is 8.15. The number of aromatic nitrogens is 1. The molecule has 1 amide bonds. The van der Waals surface area contributed by atoms with Crippen LogP contribution in [0, 0.1) is 0 Å². The number of rotatable bonds is 6. The van der Waals surface area contributed by atoms with Crippen molar-refractivity contribution < 1.29 is 9.53 Å². The Hall–Kier alpha value is -2.82. The van der Waals surface area contributed by atoms with Crippen molar-refractivity contribution in [1.82, 2.24) is 10.3 Å². The lowest BCUT2D eigenvalue weighted by molar-refractivity contribution is 0.0410. The highest BCUT2D eigenvalue weighted by molar-refractivity contribution is 6.05.